The number of benzene rings is 2. The first-order valence-electron chi connectivity index (χ1n) is 7.26. The van der Waals surface area contributed by atoms with Crippen molar-refractivity contribution >= 4 is 11.6 Å². The molecule has 0 atom stereocenters. The number of ether oxygens (including phenoxy) is 1. The van der Waals surface area contributed by atoms with Gasteiger partial charge in [0, 0.05) is 16.7 Å². The Hall–Kier alpha value is -2.68. The summed E-state index contributed by atoms with van der Waals surface area (Å²) < 4.78 is 5.39. The fraction of sp³-hybridized carbons (Fsp3) is 0.158. The molecule has 3 nitrogen and oxygen atoms in total. The average Bonchev–Trinajstić information content (AvgIpc) is 2.57. The van der Waals surface area contributed by atoms with Crippen molar-refractivity contribution in [2.75, 3.05) is 6.61 Å². The second-order valence-corrected chi connectivity index (χ2v) is 5.14. The van der Waals surface area contributed by atoms with E-state index in [-0.39, 0.29) is 17.3 Å². The standard InChI is InChI=1S/C19H16O3/c1-3-22-19-12(2)17(20)16-14(13-8-5-4-6-9-13)10-7-11-15(16)18(19)21/h4-11H,3H2,1-2H3. The quantitative estimate of drug-likeness (QED) is 0.857. The topological polar surface area (TPSA) is 43.4 Å². The van der Waals surface area contributed by atoms with E-state index in [2.05, 4.69) is 0 Å². The van der Waals surface area contributed by atoms with E-state index in [1.54, 1.807) is 26.0 Å². The van der Waals surface area contributed by atoms with Gasteiger partial charge in [0.15, 0.2) is 11.5 Å². The first kappa shape index (κ1) is 14.3. The summed E-state index contributed by atoms with van der Waals surface area (Å²) in [5, 5.41) is 0. The molecule has 0 spiro atoms. The molecule has 0 saturated carbocycles. The summed E-state index contributed by atoms with van der Waals surface area (Å²) in [6, 6.07) is 15.0. The minimum atomic E-state index is -0.216. The van der Waals surface area contributed by atoms with Crippen LogP contribution in [-0.2, 0) is 4.74 Å². The highest BCUT2D eigenvalue weighted by molar-refractivity contribution is 6.28. The van der Waals surface area contributed by atoms with Crippen LogP contribution < -0.4 is 0 Å². The molecule has 110 valence electrons. The lowest BCUT2D eigenvalue weighted by Crippen LogP contribution is -2.23. The summed E-state index contributed by atoms with van der Waals surface area (Å²) in [7, 11) is 0. The van der Waals surface area contributed by atoms with Crippen LogP contribution >= 0.6 is 0 Å². The number of Topliss-reactive ketones (excluding diaryl/α,β-unsaturated/α-hetero) is 2. The summed E-state index contributed by atoms with van der Waals surface area (Å²) >= 11 is 0. The fourth-order valence-corrected chi connectivity index (χ4v) is 2.75. The van der Waals surface area contributed by atoms with Gasteiger partial charge in [0.25, 0.3) is 0 Å². The van der Waals surface area contributed by atoms with Crippen molar-refractivity contribution in [3.63, 3.8) is 0 Å². The molecule has 0 aliphatic heterocycles. The van der Waals surface area contributed by atoms with Gasteiger partial charge in [0.2, 0.25) is 5.78 Å². The summed E-state index contributed by atoms with van der Waals surface area (Å²) in [6.45, 7) is 3.81. The molecule has 0 saturated heterocycles. The van der Waals surface area contributed by atoms with Crippen LogP contribution in [0.15, 0.2) is 59.9 Å². The molecule has 0 radical (unpaired) electrons. The van der Waals surface area contributed by atoms with E-state index in [9.17, 15) is 9.59 Å². The normalized spacial score (nSPS) is 14.1. The number of fused-ring (bicyclic) bond motifs is 1. The molecule has 1 aliphatic carbocycles. The van der Waals surface area contributed by atoms with E-state index >= 15 is 0 Å². The number of hydrogen-bond acceptors (Lipinski definition) is 3. The van der Waals surface area contributed by atoms with Gasteiger partial charge in [-0.3, -0.25) is 9.59 Å². The third-order valence-corrected chi connectivity index (χ3v) is 3.80. The van der Waals surface area contributed by atoms with Crippen molar-refractivity contribution < 1.29 is 14.3 Å². The molecule has 22 heavy (non-hydrogen) atoms. The van der Waals surface area contributed by atoms with Crippen LogP contribution in [0.5, 0.6) is 0 Å². The van der Waals surface area contributed by atoms with Crippen molar-refractivity contribution in [2.24, 2.45) is 0 Å². The van der Waals surface area contributed by atoms with Crippen LogP contribution in [0.25, 0.3) is 11.1 Å². The largest absolute Gasteiger partial charge is 0.489 e. The number of carbonyl (C=O) groups excluding carboxylic acids is 2. The molecule has 2 aromatic carbocycles. The van der Waals surface area contributed by atoms with E-state index in [1.807, 2.05) is 36.4 Å². The van der Waals surface area contributed by atoms with E-state index in [4.69, 9.17) is 4.74 Å². The second-order valence-electron chi connectivity index (χ2n) is 5.14. The van der Waals surface area contributed by atoms with Gasteiger partial charge in [-0.1, -0.05) is 48.5 Å². The molecule has 0 fully saturated rings. The summed E-state index contributed by atoms with van der Waals surface area (Å²) in [5.74, 6) is -0.186. The van der Waals surface area contributed by atoms with Gasteiger partial charge in [-0.2, -0.15) is 0 Å². The molecule has 0 aromatic heterocycles. The molecule has 0 heterocycles. The van der Waals surface area contributed by atoms with Crippen LogP contribution in [0.2, 0.25) is 0 Å². The highest BCUT2D eigenvalue weighted by Crippen LogP contribution is 2.34. The Balaban J connectivity index is 2.23. The molecule has 3 rings (SSSR count). The summed E-state index contributed by atoms with van der Waals surface area (Å²) in [4.78, 5) is 25.4. The van der Waals surface area contributed by atoms with Gasteiger partial charge in [-0.25, -0.2) is 0 Å². The van der Waals surface area contributed by atoms with Crippen LogP contribution in [0.3, 0.4) is 0 Å². The number of allylic oxidation sites excluding steroid dienone is 2. The van der Waals surface area contributed by atoms with Crippen molar-refractivity contribution in [2.45, 2.75) is 13.8 Å². The minimum absolute atomic E-state index is 0.141. The number of rotatable bonds is 3. The van der Waals surface area contributed by atoms with Crippen molar-refractivity contribution in [1.29, 1.82) is 0 Å². The molecular weight excluding hydrogens is 276 g/mol. The SMILES string of the molecule is CCOC1=C(C)C(=O)c2c(cccc2-c2ccccc2)C1=O. The van der Waals surface area contributed by atoms with E-state index < -0.39 is 0 Å². The smallest absolute Gasteiger partial charge is 0.228 e. The predicted octanol–water partition coefficient (Wildman–Crippen LogP) is 4.04. The average molecular weight is 292 g/mol. The van der Waals surface area contributed by atoms with E-state index in [0.29, 0.717) is 23.3 Å². The fourth-order valence-electron chi connectivity index (χ4n) is 2.75. The van der Waals surface area contributed by atoms with E-state index in [1.165, 1.54) is 0 Å². The Bertz CT molecular complexity index is 786. The molecule has 2 aromatic rings. The third kappa shape index (κ3) is 2.15. The highest BCUT2D eigenvalue weighted by Gasteiger charge is 2.33. The van der Waals surface area contributed by atoms with Crippen molar-refractivity contribution in [3.8, 4) is 11.1 Å². The second kappa shape index (κ2) is 5.60. The monoisotopic (exact) mass is 292 g/mol. The van der Waals surface area contributed by atoms with Gasteiger partial charge in [0.05, 0.1) is 6.61 Å². The van der Waals surface area contributed by atoms with Crippen LogP contribution in [0, 0.1) is 0 Å². The Labute approximate surface area is 129 Å². The third-order valence-electron chi connectivity index (χ3n) is 3.80. The number of hydrogen-bond donors (Lipinski definition) is 0. The zero-order valence-electron chi connectivity index (χ0n) is 12.6. The lowest BCUT2D eigenvalue weighted by molar-refractivity contribution is 0.0881. The first-order valence-corrected chi connectivity index (χ1v) is 7.26. The minimum Gasteiger partial charge on any atom is -0.489 e. The van der Waals surface area contributed by atoms with Crippen LogP contribution in [0.4, 0.5) is 0 Å². The maximum Gasteiger partial charge on any atom is 0.228 e. The van der Waals surface area contributed by atoms with Crippen LogP contribution in [-0.4, -0.2) is 18.2 Å². The lowest BCUT2D eigenvalue weighted by atomic mass is 9.84. The Morgan fingerprint density at radius 3 is 2.23 bits per heavy atom. The molecule has 1 aliphatic rings. The summed E-state index contributed by atoms with van der Waals surface area (Å²) in [6.07, 6.45) is 0. The number of ketones is 2. The first-order chi connectivity index (χ1) is 10.6. The molecule has 0 N–H and O–H groups in total. The molecule has 3 heteroatoms. The zero-order valence-corrected chi connectivity index (χ0v) is 12.6. The summed E-state index contributed by atoms with van der Waals surface area (Å²) in [5.41, 5.74) is 2.97. The van der Waals surface area contributed by atoms with Crippen molar-refractivity contribution in [3.05, 3.63) is 71.0 Å². The lowest BCUT2D eigenvalue weighted by Gasteiger charge is -2.21. The Kier molecular flexibility index (Phi) is 3.63. The van der Waals surface area contributed by atoms with Gasteiger partial charge in [-0.15, -0.1) is 0 Å². The molecule has 0 unspecified atom stereocenters. The molecule has 0 bridgehead atoms. The maximum atomic E-state index is 12.8. The van der Waals surface area contributed by atoms with Crippen molar-refractivity contribution in [1.82, 2.24) is 0 Å². The van der Waals surface area contributed by atoms with Gasteiger partial charge >= 0.3 is 0 Å². The molecule has 0 amide bonds. The zero-order chi connectivity index (χ0) is 15.7. The predicted molar refractivity (Wildman–Crippen MR) is 84.9 cm³/mol. The van der Waals surface area contributed by atoms with E-state index in [0.717, 1.165) is 11.1 Å². The highest BCUT2D eigenvalue weighted by atomic mass is 16.5. The van der Waals surface area contributed by atoms with Gasteiger partial charge in [-0.05, 0) is 25.0 Å². The number of carbonyl (C=O) groups is 2. The maximum absolute atomic E-state index is 12.8. The van der Waals surface area contributed by atoms with Gasteiger partial charge < -0.3 is 4.74 Å². The van der Waals surface area contributed by atoms with Crippen LogP contribution in [0.1, 0.15) is 34.6 Å². The van der Waals surface area contributed by atoms with Gasteiger partial charge in [0.1, 0.15) is 0 Å². The Morgan fingerprint density at radius 2 is 1.55 bits per heavy atom. The Morgan fingerprint density at radius 1 is 0.864 bits per heavy atom. The molecular formula is C19H16O3.